The molecule has 4 aliphatic rings. The highest BCUT2D eigenvalue weighted by atomic mass is 16.6. The minimum Gasteiger partial charge on any atom is -0.508 e. The minimum atomic E-state index is -0.481. The molecule has 4 aromatic carbocycles. The molecule has 2 bridgehead atoms. The highest BCUT2D eigenvalue weighted by Gasteiger charge is 2.67. The molecule has 2 heterocycles. The molecule has 0 unspecified atom stereocenters. The number of phenols is 1. The number of hydrogen-bond acceptors (Lipinski definition) is 7. The average Bonchev–Trinajstić information content (AvgIpc) is 3.55. The van der Waals surface area contributed by atoms with Crippen molar-refractivity contribution in [2.24, 2.45) is 5.92 Å². The molecule has 1 saturated carbocycles. The second-order valence-electron chi connectivity index (χ2n) is 15.7. The molecule has 0 aromatic heterocycles. The van der Waals surface area contributed by atoms with Crippen molar-refractivity contribution in [2.75, 3.05) is 19.6 Å². The molecule has 5 atom stereocenters. The predicted molar refractivity (Wildman–Crippen MR) is 212 cm³/mol. The van der Waals surface area contributed by atoms with Crippen LogP contribution < -0.4 is 9.47 Å². The van der Waals surface area contributed by atoms with Crippen LogP contribution >= 0.6 is 0 Å². The Morgan fingerprint density at radius 2 is 1.62 bits per heavy atom. The molecule has 2 fully saturated rings. The van der Waals surface area contributed by atoms with Crippen LogP contribution in [0.5, 0.6) is 17.2 Å². The fraction of sp³-hybridized carbons (Fsp3) is 0.383. The van der Waals surface area contributed by atoms with Crippen LogP contribution in [-0.4, -0.2) is 70.4 Å². The number of unbranched alkanes of at least 4 members (excludes halogenated alkanes) is 1. The van der Waals surface area contributed by atoms with Crippen molar-refractivity contribution in [1.82, 2.24) is 9.80 Å². The summed E-state index contributed by atoms with van der Waals surface area (Å²) in [4.78, 5) is 44.8. The van der Waals surface area contributed by atoms with Crippen molar-refractivity contribution >= 4 is 17.7 Å². The molecule has 284 valence electrons. The summed E-state index contributed by atoms with van der Waals surface area (Å²) in [6.45, 7) is 7.46. The van der Waals surface area contributed by atoms with Gasteiger partial charge in [0.1, 0.15) is 11.9 Å². The van der Waals surface area contributed by atoms with Crippen molar-refractivity contribution in [2.45, 2.75) is 87.8 Å². The molecule has 1 amide bonds. The highest BCUT2D eigenvalue weighted by Crippen LogP contribution is 2.65. The maximum Gasteiger partial charge on any atom is 0.308 e. The molecule has 1 N–H and O–H groups in total. The van der Waals surface area contributed by atoms with Crippen molar-refractivity contribution in [3.05, 3.63) is 138 Å². The Balaban J connectivity index is 1.17. The molecule has 0 radical (unpaired) electrons. The first-order valence-electron chi connectivity index (χ1n) is 19.9. The third kappa shape index (κ3) is 6.75. The smallest absolute Gasteiger partial charge is 0.308 e. The molecule has 2 aliphatic carbocycles. The van der Waals surface area contributed by atoms with Gasteiger partial charge in [0.05, 0.1) is 6.04 Å². The first-order chi connectivity index (χ1) is 26.8. The van der Waals surface area contributed by atoms with Gasteiger partial charge in [-0.1, -0.05) is 97.1 Å². The van der Waals surface area contributed by atoms with Crippen LogP contribution in [0.25, 0.3) is 0 Å². The lowest BCUT2D eigenvalue weighted by Crippen LogP contribution is -2.69. The third-order valence-corrected chi connectivity index (χ3v) is 12.8. The standard InChI is InChI=1S/C47H50N2O6/c1-3-26-48-27-25-47-37-23-24-38(46(47)55-45-42(54-31(2)50)29-41(52)35(44(45)47)28-39(37)48)49(43(53)22-14-13-21-40(51)34-19-11-6-12-20-34)30-36(32-15-7-4-8-16-32)33-17-9-5-10-18-33/h3-12,15-20,29,36-39,46,52H,1,13-14,21-28,30H2,2H3/t37-,38-,39+,46-,47-/m0/s1. The van der Waals surface area contributed by atoms with Gasteiger partial charge in [-0.05, 0) is 62.1 Å². The Labute approximate surface area is 323 Å². The molecule has 1 saturated heterocycles. The van der Waals surface area contributed by atoms with E-state index in [1.54, 1.807) is 0 Å². The number of carbonyl (C=O) groups excluding carboxylic acids is 3. The van der Waals surface area contributed by atoms with Crippen LogP contribution in [-0.2, 0) is 21.4 Å². The zero-order valence-corrected chi connectivity index (χ0v) is 31.6. The Kier molecular flexibility index (Phi) is 10.4. The quantitative estimate of drug-likeness (QED) is 0.0461. The lowest BCUT2D eigenvalue weighted by molar-refractivity contribution is -0.143. The Hall–Kier alpha value is -5.21. The first kappa shape index (κ1) is 36.8. The molecule has 1 spiro atoms. The number of Topliss-reactive ketones (excluding diaryl/α,β-unsaturated/α-hetero) is 1. The first-order valence-corrected chi connectivity index (χ1v) is 19.9. The number of rotatable bonds is 14. The van der Waals surface area contributed by atoms with E-state index in [9.17, 15) is 19.5 Å². The molecule has 4 aromatic rings. The Morgan fingerprint density at radius 1 is 0.964 bits per heavy atom. The summed E-state index contributed by atoms with van der Waals surface area (Å²) in [5.41, 5.74) is 4.30. The van der Waals surface area contributed by atoms with Gasteiger partial charge in [0.2, 0.25) is 5.91 Å². The summed E-state index contributed by atoms with van der Waals surface area (Å²) in [6, 6.07) is 31.5. The van der Waals surface area contributed by atoms with Gasteiger partial charge in [-0.25, -0.2) is 0 Å². The number of carbonyl (C=O) groups is 3. The number of hydrogen-bond donors (Lipinski definition) is 1. The lowest BCUT2D eigenvalue weighted by atomic mass is 9.50. The van der Waals surface area contributed by atoms with Crippen LogP contribution in [0.1, 0.15) is 90.4 Å². The van der Waals surface area contributed by atoms with E-state index in [4.69, 9.17) is 9.47 Å². The highest BCUT2D eigenvalue weighted by molar-refractivity contribution is 5.96. The van der Waals surface area contributed by atoms with Crippen LogP contribution in [0.4, 0.5) is 0 Å². The van der Waals surface area contributed by atoms with Gasteiger partial charge >= 0.3 is 5.97 Å². The van der Waals surface area contributed by atoms with Crippen LogP contribution in [0.2, 0.25) is 0 Å². The molecule has 8 nitrogen and oxygen atoms in total. The van der Waals surface area contributed by atoms with Gasteiger partial charge < -0.3 is 19.5 Å². The number of nitrogens with zero attached hydrogens (tertiary/aromatic N) is 2. The number of esters is 1. The Morgan fingerprint density at radius 3 is 2.27 bits per heavy atom. The zero-order valence-electron chi connectivity index (χ0n) is 31.6. The van der Waals surface area contributed by atoms with Gasteiger partial charge in [-0.3, -0.25) is 19.3 Å². The summed E-state index contributed by atoms with van der Waals surface area (Å²) >= 11 is 0. The second kappa shape index (κ2) is 15.5. The fourth-order valence-corrected chi connectivity index (χ4v) is 10.5. The number of likely N-dealkylation sites (tertiary alicyclic amines) is 1. The summed E-state index contributed by atoms with van der Waals surface area (Å²) in [6.07, 6.45) is 6.56. The number of phenolic OH excluding ortho intramolecular Hbond substituents is 1. The lowest BCUT2D eigenvalue weighted by Gasteiger charge is -2.60. The zero-order chi connectivity index (χ0) is 38.1. The number of benzene rings is 4. The third-order valence-electron chi connectivity index (χ3n) is 12.8. The van der Waals surface area contributed by atoms with Crippen molar-refractivity contribution < 1.29 is 29.0 Å². The van der Waals surface area contributed by atoms with Crippen molar-refractivity contribution in [3.8, 4) is 17.2 Å². The summed E-state index contributed by atoms with van der Waals surface area (Å²) in [5, 5.41) is 11.5. The van der Waals surface area contributed by atoms with Gasteiger partial charge in [0, 0.05) is 73.0 Å². The van der Waals surface area contributed by atoms with Crippen LogP contribution in [0, 0.1) is 5.92 Å². The van der Waals surface area contributed by atoms with Gasteiger partial charge in [0.15, 0.2) is 17.3 Å². The number of aromatic hydroxyl groups is 1. The summed E-state index contributed by atoms with van der Waals surface area (Å²) < 4.78 is 12.9. The van der Waals surface area contributed by atoms with E-state index < -0.39 is 17.5 Å². The van der Waals surface area contributed by atoms with Gasteiger partial charge in [-0.2, -0.15) is 0 Å². The molecule has 8 rings (SSSR count). The average molecular weight is 739 g/mol. The minimum absolute atomic E-state index is 0.0446. The van der Waals surface area contributed by atoms with Gasteiger partial charge in [-0.15, -0.1) is 6.58 Å². The van der Waals surface area contributed by atoms with Crippen molar-refractivity contribution in [3.63, 3.8) is 0 Å². The van der Waals surface area contributed by atoms with Gasteiger partial charge in [0.25, 0.3) is 0 Å². The van der Waals surface area contributed by atoms with Crippen LogP contribution in [0.3, 0.4) is 0 Å². The number of ether oxygens (including phenoxy) is 2. The maximum absolute atomic E-state index is 14.9. The molecule has 8 heteroatoms. The number of amides is 1. The fourth-order valence-electron chi connectivity index (χ4n) is 10.5. The second-order valence-corrected chi connectivity index (χ2v) is 15.7. The van der Waals surface area contributed by atoms with E-state index >= 15 is 0 Å². The van der Waals surface area contributed by atoms with E-state index in [0.717, 1.165) is 54.6 Å². The predicted octanol–water partition coefficient (Wildman–Crippen LogP) is 8.02. The summed E-state index contributed by atoms with van der Waals surface area (Å²) in [5.74, 6) is 0.687. The van der Waals surface area contributed by atoms with Crippen LogP contribution in [0.15, 0.2) is 110 Å². The van der Waals surface area contributed by atoms with E-state index in [1.165, 1.54) is 13.0 Å². The maximum atomic E-state index is 14.9. The van der Waals surface area contributed by atoms with E-state index in [1.807, 2.05) is 72.8 Å². The van der Waals surface area contributed by atoms with Crippen molar-refractivity contribution in [1.29, 1.82) is 0 Å². The Bertz CT molecular complexity index is 2010. The molecular weight excluding hydrogens is 689 g/mol. The molecular formula is C47H50N2O6. The number of piperidine rings is 1. The number of ketones is 1. The monoisotopic (exact) mass is 738 g/mol. The summed E-state index contributed by atoms with van der Waals surface area (Å²) in [7, 11) is 0. The van der Waals surface area contributed by atoms with E-state index in [2.05, 4.69) is 40.6 Å². The van der Waals surface area contributed by atoms with E-state index in [0.29, 0.717) is 50.0 Å². The van der Waals surface area contributed by atoms with E-state index in [-0.39, 0.29) is 47.1 Å². The molecule has 55 heavy (non-hydrogen) atoms. The SMILES string of the molecule is C=CCN1CC[C@]23c4c5c(O)cc(OC(C)=O)c4O[C@H]2[C@@H](N(CC(c2ccccc2)c2ccccc2)C(=O)CCCCC(=O)c2ccccc2)CC[C@H]3[C@H]1C5. The largest absolute Gasteiger partial charge is 0.508 e. The normalized spacial score (nSPS) is 23.4. The topological polar surface area (TPSA) is 96.4 Å². The molecule has 2 aliphatic heterocycles.